The van der Waals surface area contributed by atoms with Crippen LogP contribution in [0.1, 0.15) is 34.1 Å². The van der Waals surface area contributed by atoms with Crippen molar-refractivity contribution in [3.05, 3.63) is 11.6 Å². The minimum Gasteiger partial charge on any atom is -0.389 e. The van der Waals surface area contributed by atoms with Crippen LogP contribution < -0.4 is 0 Å². The van der Waals surface area contributed by atoms with Crippen molar-refractivity contribution < 1.29 is 5.11 Å². The molecule has 0 heterocycles. The standard InChI is InChI=1S/C9H18O/c1-7(2)5-6-8(3)9(4)10/h6-7,9-10H,5H2,1-4H3/b8-6-. The summed E-state index contributed by atoms with van der Waals surface area (Å²) in [6.45, 7) is 8.11. The van der Waals surface area contributed by atoms with Gasteiger partial charge in [0.05, 0.1) is 6.10 Å². The zero-order valence-electron chi connectivity index (χ0n) is 7.39. The highest BCUT2D eigenvalue weighted by atomic mass is 16.3. The van der Waals surface area contributed by atoms with Crippen LogP contribution in [0.4, 0.5) is 0 Å². The molecule has 0 amide bonds. The maximum Gasteiger partial charge on any atom is 0.0719 e. The highest BCUT2D eigenvalue weighted by Crippen LogP contribution is 2.06. The van der Waals surface area contributed by atoms with Gasteiger partial charge in [0.1, 0.15) is 0 Å². The summed E-state index contributed by atoms with van der Waals surface area (Å²) in [6, 6.07) is 0. The predicted octanol–water partition coefficient (Wildman–Crippen LogP) is 2.36. The average molecular weight is 142 g/mol. The number of aliphatic hydroxyl groups is 1. The van der Waals surface area contributed by atoms with Crippen molar-refractivity contribution in [3.8, 4) is 0 Å². The summed E-state index contributed by atoms with van der Waals surface area (Å²) in [7, 11) is 0. The van der Waals surface area contributed by atoms with Crippen molar-refractivity contribution in [1.82, 2.24) is 0 Å². The Bertz CT molecular complexity index is 112. The van der Waals surface area contributed by atoms with E-state index in [4.69, 9.17) is 5.11 Å². The molecule has 0 spiro atoms. The Hall–Kier alpha value is -0.300. The molecular formula is C9H18O. The normalized spacial score (nSPS) is 16.0. The SMILES string of the molecule is C/C(=C/CC(C)C)C(C)O. The van der Waals surface area contributed by atoms with Gasteiger partial charge in [-0.25, -0.2) is 0 Å². The summed E-state index contributed by atoms with van der Waals surface area (Å²) >= 11 is 0. The van der Waals surface area contributed by atoms with Crippen LogP contribution in [-0.4, -0.2) is 11.2 Å². The van der Waals surface area contributed by atoms with E-state index in [9.17, 15) is 0 Å². The lowest BCUT2D eigenvalue weighted by molar-refractivity contribution is 0.231. The van der Waals surface area contributed by atoms with Gasteiger partial charge in [0.15, 0.2) is 0 Å². The van der Waals surface area contributed by atoms with Gasteiger partial charge < -0.3 is 5.11 Å². The molecule has 0 bridgehead atoms. The zero-order valence-corrected chi connectivity index (χ0v) is 7.39. The third-order valence-corrected chi connectivity index (χ3v) is 1.57. The van der Waals surface area contributed by atoms with E-state index in [-0.39, 0.29) is 6.10 Å². The number of allylic oxidation sites excluding steroid dienone is 1. The van der Waals surface area contributed by atoms with Gasteiger partial charge in [-0.1, -0.05) is 19.9 Å². The van der Waals surface area contributed by atoms with E-state index < -0.39 is 0 Å². The van der Waals surface area contributed by atoms with Crippen LogP contribution in [0.5, 0.6) is 0 Å². The van der Waals surface area contributed by atoms with Crippen LogP contribution in [-0.2, 0) is 0 Å². The van der Waals surface area contributed by atoms with Crippen LogP contribution >= 0.6 is 0 Å². The first-order chi connectivity index (χ1) is 4.54. The Morgan fingerprint density at radius 2 is 1.90 bits per heavy atom. The van der Waals surface area contributed by atoms with Gasteiger partial charge in [-0.3, -0.25) is 0 Å². The topological polar surface area (TPSA) is 20.2 Å². The van der Waals surface area contributed by atoms with E-state index in [0.717, 1.165) is 12.0 Å². The highest BCUT2D eigenvalue weighted by Gasteiger charge is 1.97. The van der Waals surface area contributed by atoms with Crippen molar-refractivity contribution in [2.75, 3.05) is 0 Å². The molecule has 0 aromatic rings. The summed E-state index contributed by atoms with van der Waals surface area (Å²) < 4.78 is 0. The van der Waals surface area contributed by atoms with Crippen LogP contribution in [0, 0.1) is 5.92 Å². The van der Waals surface area contributed by atoms with Crippen molar-refractivity contribution >= 4 is 0 Å². The zero-order chi connectivity index (χ0) is 8.15. The van der Waals surface area contributed by atoms with E-state index in [0.29, 0.717) is 5.92 Å². The van der Waals surface area contributed by atoms with Gasteiger partial charge in [-0.05, 0) is 31.8 Å². The number of rotatable bonds is 3. The first-order valence-electron chi connectivity index (χ1n) is 3.88. The van der Waals surface area contributed by atoms with Crippen LogP contribution in [0.2, 0.25) is 0 Å². The van der Waals surface area contributed by atoms with E-state index in [1.165, 1.54) is 0 Å². The molecule has 1 atom stereocenters. The van der Waals surface area contributed by atoms with Gasteiger partial charge >= 0.3 is 0 Å². The number of hydrogen-bond donors (Lipinski definition) is 1. The lowest BCUT2D eigenvalue weighted by Crippen LogP contribution is -2.01. The molecule has 0 aromatic heterocycles. The molecule has 0 aromatic carbocycles. The monoisotopic (exact) mass is 142 g/mol. The molecule has 1 N–H and O–H groups in total. The number of hydrogen-bond acceptors (Lipinski definition) is 1. The molecule has 0 saturated heterocycles. The molecule has 0 rings (SSSR count). The molecule has 1 unspecified atom stereocenters. The lowest BCUT2D eigenvalue weighted by atomic mass is 10.1. The van der Waals surface area contributed by atoms with E-state index in [1.807, 2.05) is 6.92 Å². The van der Waals surface area contributed by atoms with Crippen molar-refractivity contribution in [2.45, 2.75) is 40.2 Å². The van der Waals surface area contributed by atoms with Gasteiger partial charge in [-0.15, -0.1) is 0 Å². The molecule has 1 nitrogen and oxygen atoms in total. The van der Waals surface area contributed by atoms with Crippen molar-refractivity contribution in [3.63, 3.8) is 0 Å². The fourth-order valence-corrected chi connectivity index (χ4v) is 0.592. The lowest BCUT2D eigenvalue weighted by Gasteiger charge is -2.04. The smallest absolute Gasteiger partial charge is 0.0719 e. The largest absolute Gasteiger partial charge is 0.389 e. The van der Waals surface area contributed by atoms with Crippen molar-refractivity contribution in [1.29, 1.82) is 0 Å². The Balaban J connectivity index is 3.69. The molecule has 0 saturated carbocycles. The Morgan fingerprint density at radius 1 is 1.40 bits per heavy atom. The van der Waals surface area contributed by atoms with E-state index in [1.54, 1.807) is 6.92 Å². The first-order valence-corrected chi connectivity index (χ1v) is 3.88. The first kappa shape index (κ1) is 9.70. The Morgan fingerprint density at radius 3 is 2.20 bits per heavy atom. The minimum atomic E-state index is -0.279. The summed E-state index contributed by atoms with van der Waals surface area (Å²) in [4.78, 5) is 0. The van der Waals surface area contributed by atoms with Gasteiger partial charge in [0.25, 0.3) is 0 Å². The minimum absolute atomic E-state index is 0.279. The average Bonchev–Trinajstić information content (AvgIpc) is 1.82. The third kappa shape index (κ3) is 4.57. The fourth-order valence-electron chi connectivity index (χ4n) is 0.592. The maximum atomic E-state index is 9.07. The molecule has 0 aliphatic rings. The molecular weight excluding hydrogens is 124 g/mol. The fraction of sp³-hybridized carbons (Fsp3) is 0.778. The van der Waals surface area contributed by atoms with Gasteiger partial charge in [0, 0.05) is 0 Å². The summed E-state index contributed by atoms with van der Waals surface area (Å²) in [5.41, 5.74) is 1.08. The van der Waals surface area contributed by atoms with Gasteiger partial charge in [0.2, 0.25) is 0 Å². The summed E-state index contributed by atoms with van der Waals surface area (Å²) in [5, 5.41) is 9.07. The summed E-state index contributed by atoms with van der Waals surface area (Å²) in [6.07, 6.45) is 2.89. The molecule has 0 aliphatic heterocycles. The van der Waals surface area contributed by atoms with Gasteiger partial charge in [-0.2, -0.15) is 0 Å². The molecule has 0 fully saturated rings. The maximum absolute atomic E-state index is 9.07. The second-order valence-corrected chi connectivity index (χ2v) is 3.25. The highest BCUT2D eigenvalue weighted by molar-refractivity contribution is 5.02. The van der Waals surface area contributed by atoms with Crippen molar-refractivity contribution in [2.24, 2.45) is 5.92 Å². The van der Waals surface area contributed by atoms with E-state index >= 15 is 0 Å². The number of aliphatic hydroxyl groups excluding tert-OH is 1. The molecule has 1 heteroatoms. The predicted molar refractivity (Wildman–Crippen MR) is 44.9 cm³/mol. The molecule has 0 radical (unpaired) electrons. The Labute approximate surface area is 63.8 Å². The quantitative estimate of drug-likeness (QED) is 0.600. The molecule has 0 aliphatic carbocycles. The second kappa shape index (κ2) is 4.51. The third-order valence-electron chi connectivity index (χ3n) is 1.57. The van der Waals surface area contributed by atoms with Crippen LogP contribution in [0.3, 0.4) is 0 Å². The van der Waals surface area contributed by atoms with Crippen LogP contribution in [0.15, 0.2) is 11.6 Å². The molecule has 10 heavy (non-hydrogen) atoms. The Kier molecular flexibility index (Phi) is 4.37. The van der Waals surface area contributed by atoms with E-state index in [2.05, 4.69) is 19.9 Å². The second-order valence-electron chi connectivity index (χ2n) is 3.25. The van der Waals surface area contributed by atoms with Crippen LogP contribution in [0.25, 0.3) is 0 Å². The summed E-state index contributed by atoms with van der Waals surface area (Å²) in [5.74, 6) is 0.689. The molecule has 60 valence electrons.